The maximum Gasteiger partial charge on any atom is 0.290 e. The van der Waals surface area contributed by atoms with Gasteiger partial charge in [0.25, 0.3) is 5.91 Å². The highest BCUT2D eigenvalue weighted by molar-refractivity contribution is 6.02. The lowest BCUT2D eigenvalue weighted by atomic mass is 9.93. The van der Waals surface area contributed by atoms with Crippen molar-refractivity contribution >= 4 is 11.6 Å². The third kappa shape index (κ3) is 5.97. The number of benzene rings is 2. The molecular weight excluding hydrogens is 420 g/mol. The minimum atomic E-state index is -0.603. The smallest absolute Gasteiger partial charge is 0.290 e. The van der Waals surface area contributed by atoms with E-state index in [-0.39, 0.29) is 24.2 Å². The van der Waals surface area contributed by atoms with Crippen LogP contribution in [0, 0.1) is 0 Å². The Morgan fingerprint density at radius 1 is 1.12 bits per heavy atom. The number of hydrogen-bond donors (Lipinski definition) is 2. The van der Waals surface area contributed by atoms with Crippen LogP contribution in [-0.2, 0) is 27.5 Å². The highest BCUT2D eigenvalue weighted by Gasteiger charge is 2.29. The summed E-state index contributed by atoms with van der Waals surface area (Å²) < 4.78 is 17.2. The normalized spacial score (nSPS) is 17.6. The fourth-order valence-corrected chi connectivity index (χ4v) is 3.56. The number of nitrogens with zero attached hydrogens (tertiary/aromatic N) is 1. The van der Waals surface area contributed by atoms with E-state index in [4.69, 9.17) is 14.2 Å². The predicted molar refractivity (Wildman–Crippen MR) is 123 cm³/mol. The molecule has 0 aliphatic carbocycles. The fourth-order valence-electron chi connectivity index (χ4n) is 3.56. The summed E-state index contributed by atoms with van der Waals surface area (Å²) in [4.78, 5) is 16.9. The molecule has 2 atom stereocenters. The van der Waals surface area contributed by atoms with Crippen LogP contribution in [-0.4, -0.2) is 29.4 Å². The number of aromatic nitrogens is 1. The molecule has 0 saturated heterocycles. The Morgan fingerprint density at radius 3 is 2.55 bits per heavy atom. The zero-order valence-corrected chi connectivity index (χ0v) is 18.3. The summed E-state index contributed by atoms with van der Waals surface area (Å²) in [5, 5.41) is 12.0. The molecule has 1 aliphatic rings. The number of allylic oxidation sites excluding steroid dienone is 1. The lowest BCUT2D eigenvalue weighted by molar-refractivity contribution is -0.147. The third-order valence-corrected chi connectivity index (χ3v) is 5.39. The summed E-state index contributed by atoms with van der Waals surface area (Å²) >= 11 is 0. The van der Waals surface area contributed by atoms with Crippen LogP contribution in [0.2, 0.25) is 0 Å². The number of pyridine rings is 1. The number of hydrogen-bond acceptors (Lipinski definition) is 6. The van der Waals surface area contributed by atoms with Crippen LogP contribution in [0.5, 0.6) is 5.75 Å². The number of ether oxygens (including phenoxy) is 3. The molecule has 33 heavy (non-hydrogen) atoms. The standard InChI is InChI=1S/C26H26N2O5/c1-31-23-10-8-20(9-11-23)21-13-24(26(30)28-22-3-2-12-27-15-22)33-25(14-21)32-17-19-6-4-18(16-29)5-7-19/h2-13,15,21,25,29H,14,16-17H2,1H3,(H,28,30)/t21-,25+/m1/s1. The molecule has 3 aromatic rings. The Bertz CT molecular complexity index is 1080. The van der Waals surface area contributed by atoms with Crippen LogP contribution in [0.25, 0.3) is 0 Å². The molecule has 0 unspecified atom stereocenters. The van der Waals surface area contributed by atoms with Crippen molar-refractivity contribution in [3.8, 4) is 5.75 Å². The molecule has 2 aromatic carbocycles. The Balaban J connectivity index is 1.51. The Kier molecular flexibility index (Phi) is 7.34. The van der Waals surface area contributed by atoms with Gasteiger partial charge in [0.05, 0.1) is 32.2 Å². The summed E-state index contributed by atoms with van der Waals surface area (Å²) in [6, 6.07) is 18.8. The van der Waals surface area contributed by atoms with Gasteiger partial charge in [-0.3, -0.25) is 9.78 Å². The molecule has 0 fully saturated rings. The average Bonchev–Trinajstić information content (AvgIpc) is 2.88. The number of rotatable bonds is 8. The van der Waals surface area contributed by atoms with E-state index in [9.17, 15) is 9.90 Å². The zero-order chi connectivity index (χ0) is 23.0. The van der Waals surface area contributed by atoms with Gasteiger partial charge in [0.2, 0.25) is 6.29 Å². The lowest BCUT2D eigenvalue weighted by Crippen LogP contribution is -2.29. The summed E-state index contributed by atoms with van der Waals surface area (Å²) in [6.07, 6.45) is 5.00. The second-order valence-corrected chi connectivity index (χ2v) is 7.68. The van der Waals surface area contributed by atoms with Gasteiger partial charge in [-0.25, -0.2) is 0 Å². The minimum Gasteiger partial charge on any atom is -0.497 e. The van der Waals surface area contributed by atoms with Gasteiger partial charge in [-0.15, -0.1) is 0 Å². The molecule has 170 valence electrons. The zero-order valence-electron chi connectivity index (χ0n) is 18.3. The van der Waals surface area contributed by atoms with Crippen LogP contribution in [0.15, 0.2) is 84.9 Å². The first-order chi connectivity index (χ1) is 16.1. The van der Waals surface area contributed by atoms with Gasteiger partial charge in [0.1, 0.15) is 5.75 Å². The number of anilines is 1. The maximum absolute atomic E-state index is 12.9. The molecule has 2 heterocycles. The topological polar surface area (TPSA) is 89.9 Å². The van der Waals surface area contributed by atoms with Crippen molar-refractivity contribution in [1.29, 1.82) is 0 Å². The van der Waals surface area contributed by atoms with Crippen molar-refractivity contribution in [1.82, 2.24) is 4.98 Å². The van der Waals surface area contributed by atoms with E-state index in [1.54, 1.807) is 31.6 Å². The van der Waals surface area contributed by atoms with E-state index in [1.165, 1.54) is 0 Å². The molecule has 7 nitrogen and oxygen atoms in total. The van der Waals surface area contributed by atoms with Crippen LogP contribution < -0.4 is 10.1 Å². The number of nitrogens with one attached hydrogen (secondary N) is 1. The van der Waals surface area contributed by atoms with E-state index in [2.05, 4.69) is 10.3 Å². The number of carbonyl (C=O) groups excluding carboxylic acids is 1. The van der Waals surface area contributed by atoms with Gasteiger partial charge in [0, 0.05) is 18.5 Å². The predicted octanol–water partition coefficient (Wildman–Crippen LogP) is 4.15. The van der Waals surface area contributed by atoms with Crippen molar-refractivity contribution in [2.75, 3.05) is 12.4 Å². The van der Waals surface area contributed by atoms with Gasteiger partial charge in [-0.2, -0.15) is 0 Å². The summed E-state index contributed by atoms with van der Waals surface area (Å²) in [5.74, 6) is 0.540. The first-order valence-electron chi connectivity index (χ1n) is 10.7. The summed E-state index contributed by atoms with van der Waals surface area (Å²) in [5.41, 5.74) is 3.41. The first kappa shape index (κ1) is 22.5. The number of carbonyl (C=O) groups is 1. The highest BCUT2D eigenvalue weighted by atomic mass is 16.7. The quantitative estimate of drug-likeness (QED) is 0.540. The number of amides is 1. The molecule has 1 aromatic heterocycles. The molecule has 7 heteroatoms. The molecular formula is C26H26N2O5. The lowest BCUT2D eigenvalue weighted by Gasteiger charge is -2.29. The molecule has 0 spiro atoms. The van der Waals surface area contributed by atoms with Gasteiger partial charge in [-0.1, -0.05) is 36.4 Å². The van der Waals surface area contributed by atoms with Crippen LogP contribution in [0.4, 0.5) is 5.69 Å². The average molecular weight is 447 g/mol. The molecule has 4 rings (SSSR count). The molecule has 1 aliphatic heterocycles. The van der Waals surface area contributed by atoms with Crippen LogP contribution in [0.1, 0.15) is 29.0 Å². The van der Waals surface area contributed by atoms with Crippen molar-refractivity contribution in [2.45, 2.75) is 31.8 Å². The van der Waals surface area contributed by atoms with Crippen molar-refractivity contribution in [3.63, 3.8) is 0 Å². The number of aliphatic hydroxyl groups excluding tert-OH is 1. The van der Waals surface area contributed by atoms with Crippen molar-refractivity contribution < 1.29 is 24.1 Å². The number of methoxy groups -OCH3 is 1. The van der Waals surface area contributed by atoms with Crippen molar-refractivity contribution in [3.05, 3.63) is 102 Å². The van der Waals surface area contributed by atoms with Crippen molar-refractivity contribution in [2.24, 2.45) is 0 Å². The molecule has 0 bridgehead atoms. The Morgan fingerprint density at radius 2 is 1.88 bits per heavy atom. The van der Waals surface area contributed by atoms with E-state index < -0.39 is 6.29 Å². The third-order valence-electron chi connectivity index (χ3n) is 5.39. The van der Waals surface area contributed by atoms with Gasteiger partial charge in [-0.05, 0) is 47.0 Å². The first-order valence-corrected chi connectivity index (χ1v) is 10.7. The van der Waals surface area contributed by atoms with E-state index in [1.807, 2.05) is 54.6 Å². The highest BCUT2D eigenvalue weighted by Crippen LogP contribution is 2.33. The Labute approximate surface area is 192 Å². The molecule has 1 amide bonds. The summed E-state index contributed by atoms with van der Waals surface area (Å²) in [7, 11) is 1.63. The molecule has 2 N–H and O–H groups in total. The van der Waals surface area contributed by atoms with Gasteiger partial charge < -0.3 is 24.6 Å². The van der Waals surface area contributed by atoms with Crippen LogP contribution in [0.3, 0.4) is 0 Å². The monoisotopic (exact) mass is 446 g/mol. The number of aliphatic hydroxyl groups is 1. The summed E-state index contributed by atoms with van der Waals surface area (Å²) in [6.45, 7) is 0.319. The SMILES string of the molecule is COc1ccc([C@@H]2C=C(C(=O)Nc3cccnc3)O[C@H](OCc3ccc(CO)cc3)C2)cc1. The Hall–Kier alpha value is -3.68. The second kappa shape index (κ2) is 10.8. The fraction of sp³-hybridized carbons (Fsp3) is 0.231. The van der Waals surface area contributed by atoms with E-state index in [0.29, 0.717) is 18.7 Å². The minimum absolute atomic E-state index is 0.00336. The van der Waals surface area contributed by atoms with Crippen LogP contribution >= 0.6 is 0 Å². The molecule has 0 saturated carbocycles. The van der Waals surface area contributed by atoms with Gasteiger partial charge >= 0.3 is 0 Å². The molecule has 0 radical (unpaired) electrons. The van der Waals surface area contributed by atoms with Gasteiger partial charge in [0.15, 0.2) is 5.76 Å². The van der Waals surface area contributed by atoms with E-state index in [0.717, 1.165) is 22.4 Å². The maximum atomic E-state index is 12.9. The largest absolute Gasteiger partial charge is 0.497 e. The van der Waals surface area contributed by atoms with E-state index >= 15 is 0 Å². The second-order valence-electron chi connectivity index (χ2n) is 7.68.